The average Bonchev–Trinajstić information content (AvgIpc) is 3.23. The van der Waals surface area contributed by atoms with Crippen LogP contribution in [-0.4, -0.2) is 32.1 Å². The van der Waals surface area contributed by atoms with Crippen molar-refractivity contribution < 1.29 is 19.0 Å². The third-order valence-electron chi connectivity index (χ3n) is 4.52. The van der Waals surface area contributed by atoms with Gasteiger partial charge in [0.15, 0.2) is 23.2 Å². The van der Waals surface area contributed by atoms with Crippen LogP contribution in [0.1, 0.15) is 26.8 Å². The molecule has 0 radical (unpaired) electrons. The number of carbonyl (C=O) groups excluding carboxylic acids is 1. The van der Waals surface area contributed by atoms with Crippen LogP contribution < -0.4 is 14.2 Å². The number of hydrogen-bond acceptors (Lipinski definition) is 7. The SMILES string of the molecule is COc1ccc(C(=O)C(C#N)c2nc(-c3ccc(OC)c(OC)c3)cs2)cc1C. The van der Waals surface area contributed by atoms with E-state index < -0.39 is 5.92 Å². The third-order valence-corrected chi connectivity index (χ3v) is 5.43. The molecule has 3 rings (SSSR count). The van der Waals surface area contributed by atoms with Crippen LogP contribution in [0.15, 0.2) is 41.8 Å². The monoisotopic (exact) mass is 408 g/mol. The van der Waals surface area contributed by atoms with E-state index in [0.29, 0.717) is 33.5 Å². The summed E-state index contributed by atoms with van der Waals surface area (Å²) in [5.74, 6) is 0.640. The largest absolute Gasteiger partial charge is 0.496 e. The molecule has 0 saturated heterocycles. The Hall–Kier alpha value is -3.37. The number of thiazole rings is 1. The number of ketones is 1. The van der Waals surface area contributed by atoms with Crippen LogP contribution >= 0.6 is 11.3 Å². The molecule has 7 heteroatoms. The van der Waals surface area contributed by atoms with Gasteiger partial charge in [-0.05, 0) is 48.9 Å². The number of nitrogens with zero attached hydrogens (tertiary/aromatic N) is 2. The first-order chi connectivity index (χ1) is 14.0. The zero-order valence-corrected chi connectivity index (χ0v) is 17.4. The molecule has 0 saturated carbocycles. The number of ether oxygens (including phenoxy) is 3. The van der Waals surface area contributed by atoms with Crippen molar-refractivity contribution in [3.63, 3.8) is 0 Å². The lowest BCUT2D eigenvalue weighted by Gasteiger charge is -2.09. The molecular weight excluding hydrogens is 388 g/mol. The highest BCUT2D eigenvalue weighted by Gasteiger charge is 2.26. The summed E-state index contributed by atoms with van der Waals surface area (Å²) in [5, 5.41) is 11.9. The Balaban J connectivity index is 1.91. The number of rotatable bonds is 7. The van der Waals surface area contributed by atoms with Gasteiger partial charge in [0.05, 0.1) is 33.1 Å². The van der Waals surface area contributed by atoms with Gasteiger partial charge in [0, 0.05) is 16.5 Å². The number of hydrogen-bond donors (Lipinski definition) is 0. The number of aryl methyl sites for hydroxylation is 1. The number of carbonyl (C=O) groups is 1. The van der Waals surface area contributed by atoms with Crippen LogP contribution in [0.5, 0.6) is 17.2 Å². The molecule has 0 amide bonds. The number of benzene rings is 2. The maximum atomic E-state index is 12.9. The summed E-state index contributed by atoms with van der Waals surface area (Å²) in [5.41, 5.74) is 2.78. The third kappa shape index (κ3) is 4.08. The van der Waals surface area contributed by atoms with Crippen LogP contribution in [0.2, 0.25) is 0 Å². The van der Waals surface area contributed by atoms with Crippen LogP contribution in [0.4, 0.5) is 0 Å². The van der Waals surface area contributed by atoms with E-state index in [9.17, 15) is 10.1 Å². The van der Waals surface area contributed by atoms with E-state index in [1.807, 2.05) is 24.4 Å². The van der Waals surface area contributed by atoms with Gasteiger partial charge in [0.2, 0.25) is 0 Å². The van der Waals surface area contributed by atoms with Crippen molar-refractivity contribution >= 4 is 17.1 Å². The van der Waals surface area contributed by atoms with Crippen molar-refractivity contribution in [3.05, 3.63) is 57.9 Å². The molecule has 0 aliphatic rings. The first kappa shape index (κ1) is 20.4. The van der Waals surface area contributed by atoms with Crippen LogP contribution in [-0.2, 0) is 0 Å². The summed E-state index contributed by atoms with van der Waals surface area (Å²) in [4.78, 5) is 17.5. The van der Waals surface area contributed by atoms with Gasteiger partial charge < -0.3 is 14.2 Å². The Bertz CT molecular complexity index is 1080. The number of nitriles is 1. The molecule has 0 aliphatic carbocycles. The molecule has 6 nitrogen and oxygen atoms in total. The van der Waals surface area contributed by atoms with Crippen molar-refractivity contribution in [1.82, 2.24) is 4.98 Å². The smallest absolute Gasteiger partial charge is 0.186 e. The van der Waals surface area contributed by atoms with Crippen molar-refractivity contribution in [3.8, 4) is 34.6 Å². The number of aromatic nitrogens is 1. The lowest BCUT2D eigenvalue weighted by molar-refractivity contribution is 0.0978. The molecule has 0 bridgehead atoms. The van der Waals surface area contributed by atoms with E-state index in [1.54, 1.807) is 45.6 Å². The highest BCUT2D eigenvalue weighted by molar-refractivity contribution is 7.10. The zero-order valence-electron chi connectivity index (χ0n) is 16.6. The molecule has 0 aliphatic heterocycles. The van der Waals surface area contributed by atoms with Gasteiger partial charge in [-0.2, -0.15) is 5.26 Å². The first-order valence-corrected chi connectivity index (χ1v) is 9.66. The van der Waals surface area contributed by atoms with E-state index in [4.69, 9.17) is 14.2 Å². The summed E-state index contributed by atoms with van der Waals surface area (Å²) in [7, 11) is 4.71. The van der Waals surface area contributed by atoms with Crippen molar-refractivity contribution in [1.29, 1.82) is 5.26 Å². The Morgan fingerprint density at radius 3 is 2.34 bits per heavy atom. The maximum absolute atomic E-state index is 12.9. The molecule has 3 aromatic rings. The Kier molecular flexibility index (Phi) is 6.15. The van der Waals surface area contributed by atoms with Crippen LogP contribution in [0.25, 0.3) is 11.3 Å². The Labute approximate surface area is 173 Å². The van der Waals surface area contributed by atoms with Gasteiger partial charge in [-0.3, -0.25) is 4.79 Å². The lowest BCUT2D eigenvalue weighted by Crippen LogP contribution is -2.11. The molecule has 0 spiro atoms. The normalized spacial score (nSPS) is 11.4. The van der Waals surface area contributed by atoms with Gasteiger partial charge in [-0.1, -0.05) is 0 Å². The van der Waals surface area contributed by atoms with Crippen molar-refractivity contribution in [2.24, 2.45) is 0 Å². The fraction of sp³-hybridized carbons (Fsp3) is 0.227. The summed E-state index contributed by atoms with van der Waals surface area (Å²) < 4.78 is 15.8. The summed E-state index contributed by atoms with van der Waals surface area (Å²) >= 11 is 1.28. The predicted octanol–water partition coefficient (Wildman–Crippen LogP) is 4.63. The molecule has 1 atom stereocenters. The minimum absolute atomic E-state index is 0.286. The molecule has 1 aromatic heterocycles. The quantitative estimate of drug-likeness (QED) is 0.530. The molecule has 1 heterocycles. The molecular formula is C22H20N2O4S. The molecule has 148 valence electrons. The van der Waals surface area contributed by atoms with E-state index in [1.165, 1.54) is 11.3 Å². The van der Waals surface area contributed by atoms with Crippen LogP contribution in [0, 0.1) is 18.3 Å². The maximum Gasteiger partial charge on any atom is 0.186 e. The number of methoxy groups -OCH3 is 3. The van der Waals surface area contributed by atoms with Gasteiger partial charge in [-0.15, -0.1) is 11.3 Å². The predicted molar refractivity (Wildman–Crippen MR) is 111 cm³/mol. The zero-order chi connectivity index (χ0) is 21.0. The van der Waals surface area contributed by atoms with Crippen molar-refractivity contribution in [2.45, 2.75) is 12.8 Å². The molecule has 0 fully saturated rings. The van der Waals surface area contributed by atoms with Gasteiger partial charge in [-0.25, -0.2) is 4.98 Å². The molecule has 2 aromatic carbocycles. The van der Waals surface area contributed by atoms with E-state index in [0.717, 1.165) is 11.1 Å². The van der Waals surface area contributed by atoms with Gasteiger partial charge in [0.25, 0.3) is 0 Å². The fourth-order valence-electron chi connectivity index (χ4n) is 2.97. The van der Waals surface area contributed by atoms with Gasteiger partial charge >= 0.3 is 0 Å². The topological polar surface area (TPSA) is 81.4 Å². The highest BCUT2D eigenvalue weighted by Crippen LogP contribution is 2.34. The van der Waals surface area contributed by atoms with Crippen molar-refractivity contribution in [2.75, 3.05) is 21.3 Å². The average molecular weight is 408 g/mol. The van der Waals surface area contributed by atoms with E-state index >= 15 is 0 Å². The van der Waals surface area contributed by atoms with E-state index in [-0.39, 0.29) is 5.78 Å². The van der Waals surface area contributed by atoms with E-state index in [2.05, 4.69) is 11.1 Å². The summed E-state index contributed by atoms with van der Waals surface area (Å²) in [6.07, 6.45) is 0. The minimum Gasteiger partial charge on any atom is -0.496 e. The number of Topliss-reactive ketones (excluding diaryl/α,β-unsaturated/α-hetero) is 1. The van der Waals surface area contributed by atoms with Crippen LogP contribution in [0.3, 0.4) is 0 Å². The van der Waals surface area contributed by atoms with Gasteiger partial charge in [0.1, 0.15) is 10.8 Å². The standard InChI is InChI=1S/C22H20N2O4S/c1-13-9-15(6-7-18(13)26-2)21(25)16(11-23)22-24-17(12-29-22)14-5-8-19(27-3)20(10-14)28-4/h5-10,12,16H,1-4H3. The second-order valence-corrected chi connectivity index (χ2v) is 7.14. The molecule has 0 N–H and O–H groups in total. The second kappa shape index (κ2) is 8.76. The highest BCUT2D eigenvalue weighted by atomic mass is 32.1. The first-order valence-electron chi connectivity index (χ1n) is 8.78. The summed E-state index contributed by atoms with van der Waals surface area (Å²) in [6.45, 7) is 1.86. The summed E-state index contributed by atoms with van der Waals surface area (Å²) in [6, 6.07) is 12.7. The molecule has 1 unspecified atom stereocenters. The molecule has 29 heavy (non-hydrogen) atoms. The lowest BCUT2D eigenvalue weighted by atomic mass is 9.97. The minimum atomic E-state index is -0.971. The fourth-order valence-corrected chi connectivity index (χ4v) is 3.84. The Morgan fingerprint density at radius 2 is 1.72 bits per heavy atom. The second-order valence-electron chi connectivity index (χ2n) is 6.25. The Morgan fingerprint density at radius 1 is 1.03 bits per heavy atom.